The molecule has 0 bridgehead atoms. The Kier molecular flexibility index (Phi) is 3.72. The van der Waals surface area contributed by atoms with Gasteiger partial charge >= 0.3 is 0 Å². The van der Waals surface area contributed by atoms with Gasteiger partial charge in [0.05, 0.1) is 0 Å². The fraction of sp³-hybridized carbons (Fsp3) is 0.500. The molecule has 0 atom stereocenters. The van der Waals surface area contributed by atoms with Crippen LogP contribution in [-0.4, -0.2) is 29.8 Å². The number of hydrogen-bond acceptors (Lipinski definition) is 2. The Labute approximate surface area is 119 Å². The van der Waals surface area contributed by atoms with E-state index in [-0.39, 0.29) is 17.7 Å². The summed E-state index contributed by atoms with van der Waals surface area (Å²) in [4.78, 5) is 25.9. The molecular weight excluding hydrogens is 252 g/mol. The summed E-state index contributed by atoms with van der Waals surface area (Å²) in [6.07, 6.45) is 5.35. The van der Waals surface area contributed by atoms with Crippen molar-refractivity contribution in [1.29, 1.82) is 0 Å². The van der Waals surface area contributed by atoms with Crippen LogP contribution in [0.4, 0.5) is 5.69 Å². The van der Waals surface area contributed by atoms with Crippen LogP contribution in [0.15, 0.2) is 24.3 Å². The van der Waals surface area contributed by atoms with Crippen LogP contribution in [0.2, 0.25) is 0 Å². The smallest absolute Gasteiger partial charge is 0.253 e. The molecule has 0 unspecified atom stereocenters. The van der Waals surface area contributed by atoms with Crippen LogP contribution in [0.3, 0.4) is 0 Å². The summed E-state index contributed by atoms with van der Waals surface area (Å²) in [6, 6.07) is 7.24. The Hall–Kier alpha value is -1.84. The second-order valence-corrected chi connectivity index (χ2v) is 5.69. The van der Waals surface area contributed by atoms with E-state index in [1.807, 2.05) is 17.0 Å². The third kappa shape index (κ3) is 2.69. The van der Waals surface area contributed by atoms with Crippen molar-refractivity contribution in [2.24, 2.45) is 5.92 Å². The molecule has 0 radical (unpaired) electrons. The van der Waals surface area contributed by atoms with Gasteiger partial charge in [0, 0.05) is 30.3 Å². The standard InChI is InChI=1S/C16H20N2O2/c19-15(12-4-3-5-12)17-14-8-6-13(7-9-14)16(20)18-10-1-2-11-18/h6-9,12H,1-5,10-11H2,(H,17,19). The van der Waals surface area contributed by atoms with Crippen molar-refractivity contribution in [2.75, 3.05) is 18.4 Å². The number of amides is 2. The van der Waals surface area contributed by atoms with Crippen LogP contribution in [0, 0.1) is 5.92 Å². The van der Waals surface area contributed by atoms with Crippen LogP contribution >= 0.6 is 0 Å². The molecule has 2 amide bonds. The van der Waals surface area contributed by atoms with Crippen LogP contribution in [0.1, 0.15) is 42.5 Å². The molecule has 106 valence electrons. The lowest BCUT2D eigenvalue weighted by molar-refractivity contribution is -0.122. The van der Waals surface area contributed by atoms with Gasteiger partial charge in [-0.2, -0.15) is 0 Å². The van der Waals surface area contributed by atoms with Crippen molar-refractivity contribution >= 4 is 17.5 Å². The molecule has 1 aromatic carbocycles. The molecule has 1 heterocycles. The number of nitrogens with zero attached hydrogens (tertiary/aromatic N) is 1. The minimum Gasteiger partial charge on any atom is -0.339 e. The van der Waals surface area contributed by atoms with Gasteiger partial charge in [-0.15, -0.1) is 0 Å². The van der Waals surface area contributed by atoms with Crippen LogP contribution in [-0.2, 0) is 4.79 Å². The van der Waals surface area contributed by atoms with Gasteiger partial charge < -0.3 is 10.2 Å². The average Bonchev–Trinajstić information content (AvgIpc) is 2.90. The van der Waals surface area contributed by atoms with Crippen molar-refractivity contribution < 1.29 is 9.59 Å². The number of benzene rings is 1. The maximum Gasteiger partial charge on any atom is 0.253 e. The number of hydrogen-bond donors (Lipinski definition) is 1. The van der Waals surface area contributed by atoms with Crippen molar-refractivity contribution in [3.63, 3.8) is 0 Å². The minimum absolute atomic E-state index is 0.0966. The zero-order valence-corrected chi connectivity index (χ0v) is 11.6. The maximum atomic E-state index is 12.2. The van der Waals surface area contributed by atoms with Gasteiger partial charge in [-0.05, 0) is 49.9 Å². The highest BCUT2D eigenvalue weighted by Crippen LogP contribution is 2.27. The first kappa shape index (κ1) is 13.2. The van der Waals surface area contributed by atoms with Crippen LogP contribution in [0.5, 0.6) is 0 Å². The fourth-order valence-electron chi connectivity index (χ4n) is 2.71. The normalized spacial score (nSPS) is 18.7. The van der Waals surface area contributed by atoms with Crippen molar-refractivity contribution in [3.8, 4) is 0 Å². The van der Waals surface area contributed by atoms with E-state index in [2.05, 4.69) is 5.32 Å². The molecule has 1 aliphatic heterocycles. The lowest BCUT2D eigenvalue weighted by Gasteiger charge is -2.24. The van der Waals surface area contributed by atoms with Gasteiger partial charge in [-0.25, -0.2) is 0 Å². The third-order valence-corrected chi connectivity index (χ3v) is 4.27. The Morgan fingerprint density at radius 1 is 1.00 bits per heavy atom. The molecule has 0 aromatic heterocycles. The molecule has 3 rings (SSSR count). The van der Waals surface area contributed by atoms with E-state index in [1.54, 1.807) is 12.1 Å². The SMILES string of the molecule is O=C(Nc1ccc(C(=O)N2CCCC2)cc1)C1CCC1. The molecule has 2 aliphatic rings. The lowest BCUT2D eigenvalue weighted by atomic mass is 9.85. The van der Waals surface area contributed by atoms with Crippen molar-refractivity contribution in [2.45, 2.75) is 32.1 Å². The number of carbonyl (C=O) groups excluding carboxylic acids is 2. The molecule has 20 heavy (non-hydrogen) atoms. The topological polar surface area (TPSA) is 49.4 Å². The molecule has 1 N–H and O–H groups in total. The van der Waals surface area contributed by atoms with E-state index < -0.39 is 0 Å². The van der Waals surface area contributed by atoms with E-state index in [1.165, 1.54) is 0 Å². The van der Waals surface area contributed by atoms with Gasteiger partial charge in [-0.1, -0.05) is 6.42 Å². The fourth-order valence-corrected chi connectivity index (χ4v) is 2.71. The van der Waals surface area contributed by atoms with E-state index in [0.29, 0.717) is 5.56 Å². The van der Waals surface area contributed by atoms with E-state index in [9.17, 15) is 9.59 Å². The lowest BCUT2D eigenvalue weighted by Crippen LogP contribution is -2.28. The monoisotopic (exact) mass is 272 g/mol. The largest absolute Gasteiger partial charge is 0.339 e. The Morgan fingerprint density at radius 3 is 2.20 bits per heavy atom. The molecular formula is C16H20N2O2. The minimum atomic E-state index is 0.0966. The highest BCUT2D eigenvalue weighted by atomic mass is 16.2. The van der Waals surface area contributed by atoms with Crippen LogP contribution in [0.25, 0.3) is 0 Å². The first-order chi connectivity index (χ1) is 9.74. The first-order valence-electron chi connectivity index (χ1n) is 7.44. The summed E-state index contributed by atoms with van der Waals surface area (Å²) in [7, 11) is 0. The molecule has 1 saturated heterocycles. The highest BCUT2D eigenvalue weighted by Gasteiger charge is 2.25. The molecule has 2 fully saturated rings. The van der Waals surface area contributed by atoms with Gasteiger partial charge in [0.1, 0.15) is 0 Å². The quantitative estimate of drug-likeness (QED) is 0.919. The summed E-state index contributed by atoms with van der Waals surface area (Å²) < 4.78 is 0. The number of rotatable bonds is 3. The number of nitrogens with one attached hydrogen (secondary N) is 1. The van der Waals surface area contributed by atoms with E-state index in [0.717, 1.165) is 50.9 Å². The average molecular weight is 272 g/mol. The Bertz CT molecular complexity index is 500. The number of likely N-dealkylation sites (tertiary alicyclic amines) is 1. The third-order valence-electron chi connectivity index (χ3n) is 4.27. The van der Waals surface area contributed by atoms with E-state index >= 15 is 0 Å². The zero-order valence-electron chi connectivity index (χ0n) is 11.6. The number of carbonyl (C=O) groups is 2. The molecule has 0 spiro atoms. The van der Waals surface area contributed by atoms with E-state index in [4.69, 9.17) is 0 Å². The van der Waals surface area contributed by atoms with Crippen LogP contribution < -0.4 is 5.32 Å². The summed E-state index contributed by atoms with van der Waals surface area (Å²) in [6.45, 7) is 1.72. The molecule has 1 aromatic rings. The molecule has 4 nitrogen and oxygen atoms in total. The molecule has 4 heteroatoms. The Balaban J connectivity index is 1.61. The van der Waals surface area contributed by atoms with Gasteiger partial charge in [0.2, 0.25) is 5.91 Å². The van der Waals surface area contributed by atoms with Gasteiger partial charge in [0.15, 0.2) is 0 Å². The zero-order chi connectivity index (χ0) is 13.9. The maximum absolute atomic E-state index is 12.2. The highest BCUT2D eigenvalue weighted by molar-refractivity contribution is 5.96. The van der Waals surface area contributed by atoms with Gasteiger partial charge in [-0.3, -0.25) is 9.59 Å². The first-order valence-corrected chi connectivity index (χ1v) is 7.44. The summed E-state index contributed by atoms with van der Waals surface area (Å²) in [5.74, 6) is 0.384. The van der Waals surface area contributed by atoms with Gasteiger partial charge in [0.25, 0.3) is 5.91 Å². The summed E-state index contributed by atoms with van der Waals surface area (Å²) in [5.41, 5.74) is 1.48. The van der Waals surface area contributed by atoms with Crippen molar-refractivity contribution in [1.82, 2.24) is 4.90 Å². The predicted molar refractivity (Wildman–Crippen MR) is 77.6 cm³/mol. The Morgan fingerprint density at radius 2 is 1.65 bits per heavy atom. The summed E-state index contributed by atoms with van der Waals surface area (Å²) in [5, 5.41) is 2.92. The predicted octanol–water partition coefficient (Wildman–Crippen LogP) is 2.66. The van der Waals surface area contributed by atoms with Crippen molar-refractivity contribution in [3.05, 3.63) is 29.8 Å². The second-order valence-electron chi connectivity index (χ2n) is 5.69. The number of anilines is 1. The molecule has 1 saturated carbocycles. The molecule has 1 aliphatic carbocycles. The summed E-state index contributed by atoms with van der Waals surface area (Å²) >= 11 is 0. The second kappa shape index (κ2) is 5.65.